The lowest BCUT2D eigenvalue weighted by molar-refractivity contribution is 0.619. The highest BCUT2D eigenvalue weighted by molar-refractivity contribution is 14.1. The monoisotopic (exact) mass is 383 g/mol. The van der Waals surface area contributed by atoms with Crippen LogP contribution in [0.3, 0.4) is 0 Å². The molecule has 2 rings (SSSR count). The van der Waals surface area contributed by atoms with Crippen molar-refractivity contribution in [1.82, 2.24) is 10.2 Å². The molecule has 0 saturated carbocycles. The van der Waals surface area contributed by atoms with Crippen molar-refractivity contribution in [1.29, 1.82) is 0 Å². The summed E-state index contributed by atoms with van der Waals surface area (Å²) in [5.41, 5.74) is 1.25. The van der Waals surface area contributed by atoms with Gasteiger partial charge in [-0.05, 0) is 38.5 Å². The van der Waals surface area contributed by atoms with Crippen LogP contribution in [0, 0.1) is 9.39 Å². The predicted octanol–water partition coefficient (Wildman–Crippen LogP) is 3.14. The average molecular weight is 384 g/mol. The van der Waals surface area contributed by atoms with Crippen LogP contribution in [0.4, 0.5) is 10.1 Å². The summed E-state index contributed by atoms with van der Waals surface area (Å²) in [7, 11) is 3.62. The number of fused-ring (bicyclic) bond motifs is 1. The normalized spacial score (nSPS) is 11.0. The number of hydrogen-bond donors (Lipinski definition) is 1. The Hall–Kier alpha value is -0.370. The molecule has 1 aromatic carbocycles. The van der Waals surface area contributed by atoms with E-state index in [0.29, 0.717) is 14.8 Å². The molecule has 1 heterocycles. The molecule has 0 atom stereocenters. The summed E-state index contributed by atoms with van der Waals surface area (Å²) in [5.74, 6) is -0.232. The zero-order valence-corrected chi connectivity index (χ0v) is 11.8. The number of benzene rings is 1. The van der Waals surface area contributed by atoms with Crippen molar-refractivity contribution < 1.29 is 4.39 Å². The minimum absolute atomic E-state index is 0.232. The number of nitrogens with one attached hydrogen (secondary N) is 1. The first-order valence-electron chi connectivity index (χ1n) is 4.21. The van der Waals surface area contributed by atoms with Crippen molar-refractivity contribution in [3.05, 3.63) is 20.1 Å². The summed E-state index contributed by atoms with van der Waals surface area (Å²) < 4.78 is 15.3. The maximum absolute atomic E-state index is 14.0. The second kappa shape index (κ2) is 3.89. The van der Waals surface area contributed by atoms with Crippen molar-refractivity contribution in [2.24, 2.45) is 0 Å². The van der Waals surface area contributed by atoms with Gasteiger partial charge >= 0.3 is 0 Å². The first-order chi connectivity index (χ1) is 7.04. The quantitative estimate of drug-likeness (QED) is 0.606. The molecule has 0 bridgehead atoms. The van der Waals surface area contributed by atoms with E-state index in [1.54, 1.807) is 11.1 Å². The van der Waals surface area contributed by atoms with Gasteiger partial charge in [-0.2, -0.15) is 5.10 Å². The molecule has 0 aliphatic carbocycles. The summed E-state index contributed by atoms with van der Waals surface area (Å²) >= 11 is 5.35. The number of nitrogens with zero attached hydrogens (tertiary/aromatic N) is 2. The van der Waals surface area contributed by atoms with Crippen LogP contribution in [0.5, 0.6) is 0 Å². The zero-order valence-electron chi connectivity index (χ0n) is 8.11. The topological polar surface area (TPSA) is 31.9 Å². The Kier molecular flexibility index (Phi) is 2.89. The third kappa shape index (κ3) is 1.63. The lowest BCUT2D eigenvalue weighted by atomic mass is 10.2. The largest absolute Gasteiger partial charge is 0.374 e. The van der Waals surface area contributed by atoms with Crippen LogP contribution >= 0.6 is 38.5 Å². The van der Waals surface area contributed by atoms with Crippen molar-refractivity contribution in [2.45, 2.75) is 0 Å². The summed E-state index contributed by atoms with van der Waals surface area (Å²) in [6, 6.07) is 0. The smallest absolute Gasteiger partial charge is 0.163 e. The van der Waals surface area contributed by atoms with E-state index in [1.807, 2.05) is 36.7 Å². The Morgan fingerprint density at radius 2 is 2.20 bits per heavy atom. The van der Waals surface area contributed by atoms with Gasteiger partial charge in [0.15, 0.2) is 5.82 Å². The van der Waals surface area contributed by atoms with Gasteiger partial charge in [-0.3, -0.25) is 5.10 Å². The van der Waals surface area contributed by atoms with Crippen molar-refractivity contribution >= 4 is 55.1 Å². The Labute approximate surface area is 108 Å². The molecule has 0 unspecified atom stereocenters. The summed E-state index contributed by atoms with van der Waals surface area (Å²) in [5, 5.41) is 7.64. The Bertz CT molecular complexity index is 524. The van der Waals surface area contributed by atoms with Gasteiger partial charge in [-0.1, -0.05) is 0 Å². The zero-order chi connectivity index (χ0) is 11.2. The second-order valence-corrected chi connectivity index (χ2v) is 5.22. The second-order valence-electron chi connectivity index (χ2n) is 3.34. The third-order valence-electron chi connectivity index (χ3n) is 2.15. The molecule has 2 aromatic rings. The van der Waals surface area contributed by atoms with Crippen LogP contribution in [0.15, 0.2) is 10.7 Å². The van der Waals surface area contributed by atoms with E-state index in [2.05, 4.69) is 26.1 Å². The first kappa shape index (κ1) is 11.1. The summed E-state index contributed by atoms with van der Waals surface area (Å²) in [6.45, 7) is 0. The molecule has 0 amide bonds. The minimum Gasteiger partial charge on any atom is -0.374 e. The number of aromatic amines is 1. The van der Waals surface area contributed by atoms with Crippen molar-refractivity contribution in [3.8, 4) is 0 Å². The molecule has 0 saturated heterocycles. The Morgan fingerprint density at radius 3 is 2.80 bits per heavy atom. The lowest BCUT2D eigenvalue weighted by Crippen LogP contribution is -2.12. The van der Waals surface area contributed by atoms with Crippen LogP contribution in [0.25, 0.3) is 10.9 Å². The van der Waals surface area contributed by atoms with Gasteiger partial charge in [-0.25, -0.2) is 4.39 Å². The van der Waals surface area contributed by atoms with Crippen LogP contribution in [-0.4, -0.2) is 24.3 Å². The number of hydrogen-bond acceptors (Lipinski definition) is 2. The maximum Gasteiger partial charge on any atom is 0.163 e. The molecule has 0 spiro atoms. The van der Waals surface area contributed by atoms with E-state index >= 15 is 0 Å². The number of H-pyrrole nitrogens is 1. The lowest BCUT2D eigenvalue weighted by Gasteiger charge is -2.16. The highest BCUT2D eigenvalue weighted by Gasteiger charge is 2.19. The SMILES string of the molecule is CN(C)c1c(F)c(I)c(Br)c2cn[nH]c12. The molecule has 1 aromatic heterocycles. The summed E-state index contributed by atoms with van der Waals surface area (Å²) in [6.07, 6.45) is 1.69. The number of halogens is 3. The first-order valence-corrected chi connectivity index (χ1v) is 6.08. The van der Waals surface area contributed by atoms with Crippen LogP contribution in [0.1, 0.15) is 0 Å². The molecule has 0 aliphatic rings. The molecule has 0 aliphatic heterocycles. The summed E-state index contributed by atoms with van der Waals surface area (Å²) in [4.78, 5) is 1.74. The Balaban J connectivity index is 2.94. The van der Waals surface area contributed by atoms with E-state index in [4.69, 9.17) is 0 Å². The van der Waals surface area contributed by atoms with Gasteiger partial charge in [0.05, 0.1) is 21.0 Å². The van der Waals surface area contributed by atoms with Gasteiger partial charge in [0.25, 0.3) is 0 Å². The highest BCUT2D eigenvalue weighted by Crippen LogP contribution is 2.37. The standard InChI is InChI=1S/C9H8BrFIN3/c1-15(2)9-6(11)7(12)5(10)4-3-13-14-8(4)9/h3H,1-2H3,(H,13,14). The molecule has 6 heteroatoms. The van der Waals surface area contributed by atoms with Gasteiger partial charge in [0.1, 0.15) is 0 Å². The molecular weight excluding hydrogens is 376 g/mol. The molecular formula is C9H8BrFIN3. The number of anilines is 1. The van der Waals surface area contributed by atoms with Crippen molar-refractivity contribution in [3.63, 3.8) is 0 Å². The van der Waals surface area contributed by atoms with Crippen molar-refractivity contribution in [2.75, 3.05) is 19.0 Å². The average Bonchev–Trinajstić information content (AvgIpc) is 2.62. The van der Waals surface area contributed by atoms with Crippen LogP contribution in [-0.2, 0) is 0 Å². The fourth-order valence-corrected chi connectivity index (χ4v) is 2.50. The fourth-order valence-electron chi connectivity index (χ4n) is 1.48. The Morgan fingerprint density at radius 1 is 1.53 bits per heavy atom. The molecule has 1 N–H and O–H groups in total. The highest BCUT2D eigenvalue weighted by atomic mass is 127. The number of rotatable bonds is 1. The predicted molar refractivity (Wildman–Crippen MR) is 70.8 cm³/mol. The molecule has 3 nitrogen and oxygen atoms in total. The van der Waals surface area contributed by atoms with Gasteiger partial charge in [0, 0.05) is 24.0 Å². The van der Waals surface area contributed by atoms with Crippen LogP contribution in [0.2, 0.25) is 0 Å². The molecule has 0 fully saturated rings. The molecule has 0 radical (unpaired) electrons. The van der Waals surface area contributed by atoms with E-state index < -0.39 is 0 Å². The van der Waals surface area contributed by atoms with Gasteiger partial charge in [-0.15, -0.1) is 0 Å². The molecule has 15 heavy (non-hydrogen) atoms. The van der Waals surface area contributed by atoms with E-state index in [-0.39, 0.29) is 5.82 Å². The fraction of sp³-hybridized carbons (Fsp3) is 0.222. The maximum atomic E-state index is 14.0. The molecule has 80 valence electrons. The van der Waals surface area contributed by atoms with E-state index in [0.717, 1.165) is 9.86 Å². The van der Waals surface area contributed by atoms with Gasteiger partial charge < -0.3 is 4.90 Å². The van der Waals surface area contributed by atoms with E-state index in [1.165, 1.54) is 0 Å². The minimum atomic E-state index is -0.232. The number of aromatic nitrogens is 2. The third-order valence-corrected chi connectivity index (χ3v) is 4.73. The van der Waals surface area contributed by atoms with Crippen LogP contribution < -0.4 is 4.90 Å². The van der Waals surface area contributed by atoms with Gasteiger partial charge in [0.2, 0.25) is 0 Å². The van der Waals surface area contributed by atoms with E-state index in [9.17, 15) is 4.39 Å².